The van der Waals surface area contributed by atoms with E-state index in [1.165, 1.54) is 0 Å². The average molecular weight is 279 g/mol. The van der Waals surface area contributed by atoms with E-state index in [9.17, 15) is 13.3 Å². The fraction of sp³-hybridized carbons (Fsp3) is 1.00. The van der Waals surface area contributed by atoms with Gasteiger partial charge in [0.1, 0.15) is 0 Å². The van der Waals surface area contributed by atoms with E-state index < -0.39 is 19.5 Å². The van der Waals surface area contributed by atoms with Gasteiger partial charge in [-0.05, 0) is 13.3 Å². The number of alkyl halides is 3. The molecule has 0 spiro atoms. The van der Waals surface area contributed by atoms with E-state index in [0.717, 1.165) is 6.66 Å². The van der Waals surface area contributed by atoms with Crippen LogP contribution >= 0.6 is 23.3 Å². The molecule has 0 rings (SSSR count). The standard InChI is InChI=1S/C7H14BrF2O2P/c1-3-12-13(2,11)7(9,10)5-4-6-8/h3-6H2,1-2H3. The van der Waals surface area contributed by atoms with Crippen molar-refractivity contribution in [1.82, 2.24) is 0 Å². The Hall–Kier alpha value is 0.530. The molecule has 6 heteroatoms. The van der Waals surface area contributed by atoms with Gasteiger partial charge in [0.25, 0.3) is 7.37 Å². The van der Waals surface area contributed by atoms with Crippen LogP contribution < -0.4 is 0 Å². The molecular formula is C7H14BrF2O2P. The highest BCUT2D eigenvalue weighted by Crippen LogP contribution is 2.59. The summed E-state index contributed by atoms with van der Waals surface area (Å²) in [5, 5.41) is 0.481. The van der Waals surface area contributed by atoms with Crippen molar-refractivity contribution in [3.05, 3.63) is 0 Å². The van der Waals surface area contributed by atoms with Crippen LogP contribution in [0.25, 0.3) is 0 Å². The largest absolute Gasteiger partial charge is 0.325 e. The minimum atomic E-state index is -3.78. The molecular weight excluding hydrogens is 265 g/mol. The van der Waals surface area contributed by atoms with Gasteiger partial charge in [-0.1, -0.05) is 15.9 Å². The molecule has 0 aliphatic rings. The molecule has 80 valence electrons. The molecule has 0 saturated heterocycles. The summed E-state index contributed by atoms with van der Waals surface area (Å²) in [6.07, 6.45) is -0.107. The normalized spacial score (nSPS) is 17.0. The van der Waals surface area contributed by atoms with E-state index in [4.69, 9.17) is 0 Å². The van der Waals surface area contributed by atoms with E-state index in [-0.39, 0.29) is 13.0 Å². The van der Waals surface area contributed by atoms with E-state index in [1.807, 2.05) is 0 Å². The Bertz CT molecular complexity index is 199. The first-order chi connectivity index (χ1) is 5.87. The third-order valence-electron chi connectivity index (χ3n) is 1.58. The number of hydrogen-bond donors (Lipinski definition) is 0. The molecule has 1 atom stereocenters. The Balaban J connectivity index is 4.32. The highest BCUT2D eigenvalue weighted by Gasteiger charge is 2.46. The van der Waals surface area contributed by atoms with Crippen molar-refractivity contribution in [3.63, 3.8) is 0 Å². The Labute approximate surface area is 85.6 Å². The van der Waals surface area contributed by atoms with Crippen molar-refractivity contribution in [2.45, 2.75) is 25.4 Å². The van der Waals surface area contributed by atoms with Crippen molar-refractivity contribution >= 4 is 23.3 Å². The lowest BCUT2D eigenvalue weighted by Gasteiger charge is -2.23. The maximum Gasteiger partial charge on any atom is 0.321 e. The molecule has 0 amide bonds. The molecule has 0 aliphatic heterocycles. The second kappa shape index (κ2) is 5.42. The van der Waals surface area contributed by atoms with Crippen molar-refractivity contribution in [3.8, 4) is 0 Å². The Morgan fingerprint density at radius 1 is 1.54 bits per heavy atom. The molecule has 0 fully saturated rings. The number of rotatable bonds is 6. The lowest BCUT2D eigenvalue weighted by molar-refractivity contribution is 0.0611. The van der Waals surface area contributed by atoms with Gasteiger partial charge < -0.3 is 4.52 Å². The Morgan fingerprint density at radius 2 is 2.08 bits per heavy atom. The summed E-state index contributed by atoms with van der Waals surface area (Å²) in [5.41, 5.74) is -3.20. The summed E-state index contributed by atoms with van der Waals surface area (Å²) in [7, 11) is -3.78. The SMILES string of the molecule is CCOP(C)(=O)C(F)(F)CCCBr. The quantitative estimate of drug-likeness (QED) is 0.547. The smallest absolute Gasteiger partial charge is 0.321 e. The van der Waals surface area contributed by atoms with Gasteiger partial charge in [0, 0.05) is 18.4 Å². The zero-order valence-corrected chi connectivity index (χ0v) is 10.2. The Kier molecular flexibility index (Phi) is 5.64. The molecule has 1 unspecified atom stereocenters. The molecule has 0 heterocycles. The van der Waals surface area contributed by atoms with Gasteiger partial charge in [0.15, 0.2) is 0 Å². The first kappa shape index (κ1) is 13.5. The van der Waals surface area contributed by atoms with Crippen LogP contribution in [-0.2, 0) is 9.09 Å². The molecule has 0 saturated carbocycles. The third kappa shape index (κ3) is 4.05. The first-order valence-electron chi connectivity index (χ1n) is 4.03. The maximum absolute atomic E-state index is 13.2. The minimum absolute atomic E-state index is 0.0533. The van der Waals surface area contributed by atoms with Gasteiger partial charge in [0.05, 0.1) is 6.61 Å². The van der Waals surface area contributed by atoms with Crippen LogP contribution in [0.1, 0.15) is 19.8 Å². The molecule has 0 aliphatic carbocycles. The summed E-state index contributed by atoms with van der Waals surface area (Å²) < 4.78 is 42.3. The van der Waals surface area contributed by atoms with Gasteiger partial charge in [-0.2, -0.15) is 8.78 Å². The van der Waals surface area contributed by atoms with Gasteiger partial charge >= 0.3 is 5.66 Å². The van der Waals surface area contributed by atoms with Crippen LogP contribution in [0.2, 0.25) is 0 Å². The summed E-state index contributed by atoms with van der Waals surface area (Å²) in [6, 6.07) is 0. The molecule has 13 heavy (non-hydrogen) atoms. The Morgan fingerprint density at radius 3 is 2.46 bits per heavy atom. The second-order valence-corrected chi connectivity index (χ2v) is 6.12. The molecule has 0 aromatic heterocycles. The fourth-order valence-corrected chi connectivity index (χ4v) is 2.35. The topological polar surface area (TPSA) is 26.3 Å². The zero-order valence-electron chi connectivity index (χ0n) is 7.73. The predicted octanol–water partition coefficient (Wildman–Crippen LogP) is 3.70. The van der Waals surface area contributed by atoms with E-state index in [0.29, 0.717) is 5.33 Å². The highest BCUT2D eigenvalue weighted by atomic mass is 79.9. The maximum atomic E-state index is 13.2. The van der Waals surface area contributed by atoms with Crippen LogP contribution in [-0.4, -0.2) is 24.3 Å². The summed E-state index contributed by atoms with van der Waals surface area (Å²) in [4.78, 5) is 0. The van der Waals surface area contributed by atoms with E-state index in [2.05, 4.69) is 20.5 Å². The first-order valence-corrected chi connectivity index (χ1v) is 7.22. The van der Waals surface area contributed by atoms with Crippen LogP contribution in [0.5, 0.6) is 0 Å². The van der Waals surface area contributed by atoms with Crippen LogP contribution in [0.3, 0.4) is 0 Å². The molecule has 0 aromatic carbocycles. The van der Waals surface area contributed by atoms with E-state index >= 15 is 0 Å². The van der Waals surface area contributed by atoms with Crippen LogP contribution in [0, 0.1) is 0 Å². The highest BCUT2D eigenvalue weighted by molar-refractivity contribution is 9.09. The molecule has 0 radical (unpaired) electrons. The van der Waals surface area contributed by atoms with Crippen molar-refractivity contribution in [2.75, 3.05) is 18.6 Å². The summed E-state index contributed by atoms with van der Waals surface area (Å²) in [5.74, 6) is 0. The van der Waals surface area contributed by atoms with E-state index in [1.54, 1.807) is 6.92 Å². The van der Waals surface area contributed by atoms with Gasteiger partial charge in [0.2, 0.25) is 0 Å². The van der Waals surface area contributed by atoms with Crippen LogP contribution in [0.4, 0.5) is 8.78 Å². The van der Waals surface area contributed by atoms with Crippen LogP contribution in [0.15, 0.2) is 0 Å². The lowest BCUT2D eigenvalue weighted by Crippen LogP contribution is -2.17. The van der Waals surface area contributed by atoms with Crippen molar-refractivity contribution < 1.29 is 17.9 Å². The zero-order chi connectivity index (χ0) is 10.5. The van der Waals surface area contributed by atoms with Crippen molar-refractivity contribution in [2.24, 2.45) is 0 Å². The third-order valence-corrected chi connectivity index (χ3v) is 4.30. The average Bonchev–Trinajstić information content (AvgIpc) is 2.00. The minimum Gasteiger partial charge on any atom is -0.325 e. The second-order valence-electron chi connectivity index (χ2n) is 2.72. The van der Waals surface area contributed by atoms with Gasteiger partial charge in [-0.15, -0.1) is 0 Å². The molecule has 0 bridgehead atoms. The summed E-state index contributed by atoms with van der Waals surface area (Å²) >= 11 is 3.04. The van der Waals surface area contributed by atoms with Crippen molar-refractivity contribution in [1.29, 1.82) is 0 Å². The van der Waals surface area contributed by atoms with Gasteiger partial charge in [-0.25, -0.2) is 0 Å². The molecule has 0 N–H and O–H groups in total. The fourth-order valence-electron chi connectivity index (χ4n) is 0.823. The number of halogens is 3. The number of hydrogen-bond acceptors (Lipinski definition) is 2. The van der Waals surface area contributed by atoms with Gasteiger partial charge in [-0.3, -0.25) is 4.57 Å². The monoisotopic (exact) mass is 278 g/mol. The molecule has 0 aromatic rings. The summed E-state index contributed by atoms with van der Waals surface area (Å²) in [6.45, 7) is 2.60. The predicted molar refractivity (Wildman–Crippen MR) is 53.1 cm³/mol. The lowest BCUT2D eigenvalue weighted by atomic mass is 10.3. The molecule has 2 nitrogen and oxygen atoms in total.